The number of esters is 2. The number of aliphatic hydroxyl groups is 5. The molecule has 1 aliphatic heterocycles. The molecule has 2 saturated carbocycles. The quantitative estimate of drug-likeness (QED) is 0.170. The molecule has 14 heteroatoms. The largest absolute Gasteiger partial charge is 0.456 e. The lowest BCUT2D eigenvalue weighted by Gasteiger charge is -2.66. The summed E-state index contributed by atoms with van der Waals surface area (Å²) in [6.45, 7) is 9.16. The maximum absolute atomic E-state index is 14.6. The fraction of sp³-hybridized carbons (Fsp3) is 0.579. The molecule has 282 valence electrons. The van der Waals surface area contributed by atoms with E-state index in [1.54, 1.807) is 63.4 Å². The van der Waals surface area contributed by atoms with Crippen molar-refractivity contribution in [2.24, 2.45) is 22.7 Å². The molecule has 1 saturated heterocycles. The second kappa shape index (κ2) is 13.4. The molecule has 1 aromatic carbocycles. The highest BCUT2D eigenvalue weighted by Gasteiger charge is 2.76. The van der Waals surface area contributed by atoms with Gasteiger partial charge in [0.1, 0.15) is 29.5 Å². The molecule has 52 heavy (non-hydrogen) atoms. The minimum absolute atomic E-state index is 0.0171. The Bertz CT molecular complexity index is 1760. The molecule has 0 radical (unpaired) electrons. The minimum Gasteiger partial charge on any atom is -0.456 e. The maximum Gasteiger partial charge on any atom is 0.338 e. The van der Waals surface area contributed by atoms with Gasteiger partial charge in [0.15, 0.2) is 11.9 Å². The first-order valence-corrected chi connectivity index (χ1v) is 18.4. The van der Waals surface area contributed by atoms with Crippen LogP contribution in [0.25, 0.3) is 0 Å². The van der Waals surface area contributed by atoms with E-state index in [4.69, 9.17) is 14.2 Å². The first kappa shape index (κ1) is 38.2. The summed E-state index contributed by atoms with van der Waals surface area (Å²) in [6, 6.07) is 10.1. The summed E-state index contributed by atoms with van der Waals surface area (Å²) in [5.74, 6) is -5.33. The Kier molecular flexibility index (Phi) is 9.86. The minimum atomic E-state index is -2.27. The highest BCUT2D eigenvalue weighted by molar-refractivity contribution is 7.12. The summed E-state index contributed by atoms with van der Waals surface area (Å²) in [4.78, 5) is 55.5. The zero-order chi connectivity index (χ0) is 38.1. The van der Waals surface area contributed by atoms with Crippen molar-refractivity contribution in [2.75, 3.05) is 6.61 Å². The van der Waals surface area contributed by atoms with Crippen LogP contribution < -0.4 is 5.32 Å². The van der Waals surface area contributed by atoms with Crippen LogP contribution in [0.1, 0.15) is 74.4 Å². The Balaban J connectivity index is 1.44. The number of hydrogen-bond donors (Lipinski definition) is 6. The van der Waals surface area contributed by atoms with Gasteiger partial charge in [0.25, 0.3) is 5.91 Å². The number of Topliss-reactive ketones (excluding diaryl/α,β-unsaturated/α-hetero) is 1. The molecule has 0 spiro atoms. The molecule has 6 rings (SSSR count). The summed E-state index contributed by atoms with van der Waals surface area (Å²) in [5.41, 5.74) is -7.35. The molecular weight excluding hydrogens is 694 g/mol. The van der Waals surface area contributed by atoms with Crippen molar-refractivity contribution in [1.29, 1.82) is 0 Å². The zero-order valence-electron chi connectivity index (χ0n) is 29.9. The highest BCUT2D eigenvalue weighted by atomic mass is 32.1. The van der Waals surface area contributed by atoms with E-state index >= 15 is 0 Å². The van der Waals surface area contributed by atoms with E-state index in [2.05, 4.69) is 5.32 Å². The van der Waals surface area contributed by atoms with E-state index in [9.17, 15) is 44.7 Å². The molecule has 2 aromatic rings. The average molecular weight is 742 g/mol. The highest BCUT2D eigenvalue weighted by Crippen LogP contribution is 2.63. The van der Waals surface area contributed by atoms with Crippen molar-refractivity contribution in [1.82, 2.24) is 5.32 Å². The van der Waals surface area contributed by atoms with Crippen LogP contribution in [0.5, 0.6) is 0 Å². The lowest BCUT2D eigenvalue weighted by Crippen LogP contribution is -2.81. The van der Waals surface area contributed by atoms with Crippen molar-refractivity contribution in [3.8, 4) is 0 Å². The molecule has 3 aliphatic carbocycles. The Hall–Kier alpha value is -3.50. The SMILES string of the molecule is CC1=C2C(O)C(=O)[C@]3(C)C(O)CC4OC[C@@]4(O)C3C(OC(=O)c3ccccc3)C(O)(CC1OC(=O)C(O)C(NC(=O)c1cccs1)C(C)C)C2(C)C. The van der Waals surface area contributed by atoms with E-state index in [-0.39, 0.29) is 29.7 Å². The maximum atomic E-state index is 14.6. The molecule has 1 aromatic heterocycles. The predicted octanol–water partition coefficient (Wildman–Crippen LogP) is 1.94. The fourth-order valence-electron chi connectivity index (χ4n) is 8.97. The van der Waals surface area contributed by atoms with Crippen LogP contribution >= 0.6 is 11.3 Å². The van der Waals surface area contributed by atoms with Gasteiger partial charge in [-0.25, -0.2) is 9.59 Å². The Morgan fingerprint density at radius 3 is 2.27 bits per heavy atom. The van der Waals surface area contributed by atoms with Crippen molar-refractivity contribution in [2.45, 2.75) is 108 Å². The molecule has 2 bridgehead atoms. The number of benzene rings is 1. The Labute approximate surface area is 305 Å². The van der Waals surface area contributed by atoms with Gasteiger partial charge in [-0.2, -0.15) is 0 Å². The molecule has 13 nitrogen and oxygen atoms in total. The van der Waals surface area contributed by atoms with Crippen LogP contribution in [0.4, 0.5) is 0 Å². The smallest absolute Gasteiger partial charge is 0.338 e. The van der Waals surface area contributed by atoms with Gasteiger partial charge in [-0.1, -0.05) is 52.0 Å². The fourth-order valence-corrected chi connectivity index (χ4v) is 9.60. The Morgan fingerprint density at radius 2 is 1.69 bits per heavy atom. The van der Waals surface area contributed by atoms with Gasteiger partial charge in [-0.15, -0.1) is 11.3 Å². The van der Waals surface area contributed by atoms with Crippen molar-refractivity contribution in [3.63, 3.8) is 0 Å². The van der Waals surface area contributed by atoms with Crippen LogP contribution in [-0.2, 0) is 23.8 Å². The Morgan fingerprint density at radius 1 is 1.02 bits per heavy atom. The molecule has 11 atom stereocenters. The number of rotatable bonds is 8. The monoisotopic (exact) mass is 741 g/mol. The van der Waals surface area contributed by atoms with Gasteiger partial charge >= 0.3 is 11.9 Å². The van der Waals surface area contributed by atoms with Crippen molar-refractivity contribution >= 4 is 35.0 Å². The van der Waals surface area contributed by atoms with Gasteiger partial charge in [0.05, 0.1) is 40.7 Å². The van der Waals surface area contributed by atoms with Crippen LogP contribution in [0.3, 0.4) is 0 Å². The molecule has 3 fully saturated rings. The lowest BCUT2D eigenvalue weighted by molar-refractivity contribution is -0.343. The zero-order valence-corrected chi connectivity index (χ0v) is 30.8. The van der Waals surface area contributed by atoms with Crippen LogP contribution in [0, 0.1) is 22.7 Å². The summed E-state index contributed by atoms with van der Waals surface area (Å²) >= 11 is 1.19. The van der Waals surface area contributed by atoms with Crippen LogP contribution in [-0.4, -0.2) is 110 Å². The van der Waals surface area contributed by atoms with E-state index in [0.717, 1.165) is 0 Å². The molecule has 4 aliphatic rings. The number of carbonyl (C=O) groups is 4. The second-order valence-corrected chi connectivity index (χ2v) is 16.7. The number of ketones is 1. The van der Waals surface area contributed by atoms with Crippen molar-refractivity contribution in [3.05, 3.63) is 69.4 Å². The summed E-state index contributed by atoms with van der Waals surface area (Å²) in [6.07, 6.45) is -9.98. The van der Waals surface area contributed by atoms with Gasteiger partial charge in [-0.05, 0) is 54.5 Å². The van der Waals surface area contributed by atoms with Gasteiger partial charge in [0.2, 0.25) is 0 Å². The number of aliphatic hydroxyl groups excluding tert-OH is 3. The molecule has 6 N–H and O–H groups in total. The van der Waals surface area contributed by atoms with Crippen molar-refractivity contribution < 1.29 is 58.9 Å². The van der Waals surface area contributed by atoms with Gasteiger partial charge in [0, 0.05) is 24.2 Å². The number of hydrogen-bond acceptors (Lipinski definition) is 13. The summed E-state index contributed by atoms with van der Waals surface area (Å²) in [7, 11) is 0. The van der Waals surface area contributed by atoms with Gasteiger partial charge < -0.3 is 45.1 Å². The second-order valence-electron chi connectivity index (χ2n) is 15.7. The summed E-state index contributed by atoms with van der Waals surface area (Å²) < 4.78 is 17.7. The van der Waals surface area contributed by atoms with Gasteiger partial charge in [-0.3, -0.25) is 9.59 Å². The lowest BCUT2D eigenvalue weighted by atomic mass is 9.44. The van der Waals surface area contributed by atoms with Crippen LogP contribution in [0.15, 0.2) is 59.0 Å². The molecule has 2 heterocycles. The molecule has 9 unspecified atom stereocenters. The third-order valence-electron chi connectivity index (χ3n) is 12.2. The number of carbonyl (C=O) groups excluding carboxylic acids is 4. The molecule has 1 amide bonds. The topological polar surface area (TPSA) is 209 Å². The number of nitrogens with one attached hydrogen (secondary N) is 1. The van der Waals surface area contributed by atoms with E-state index < -0.39 is 107 Å². The third kappa shape index (κ3) is 5.74. The van der Waals surface area contributed by atoms with E-state index in [1.165, 1.54) is 37.3 Å². The number of fused-ring (bicyclic) bond motifs is 5. The third-order valence-corrected chi connectivity index (χ3v) is 13.1. The predicted molar refractivity (Wildman–Crippen MR) is 186 cm³/mol. The van der Waals surface area contributed by atoms with E-state index in [1.807, 2.05) is 0 Å². The summed E-state index contributed by atoms with van der Waals surface area (Å²) in [5, 5.41) is 64.6. The van der Waals surface area contributed by atoms with Crippen LogP contribution in [0.2, 0.25) is 0 Å². The number of amides is 1. The number of ether oxygens (including phenoxy) is 3. The molecular formula is C38H47NO12S. The van der Waals surface area contributed by atoms with E-state index in [0.29, 0.717) is 4.88 Å². The average Bonchev–Trinajstić information content (AvgIpc) is 3.64. The first-order chi connectivity index (χ1) is 24.3. The first-order valence-electron chi connectivity index (χ1n) is 17.5. The normalized spacial score (nSPS) is 36.3. The number of thiophene rings is 1. The standard InChI is InChI=1S/C38H47NO12S/c1-18(2)26(39-32(44)22-13-10-14-52-22)28(42)34(46)50-21-16-38(48)31(51-33(45)20-11-8-7-9-12-20)29-36(6,23(40)15-24-37(29,47)17-49-24)30(43)27(41)25(19(21)3)35(38,4)5/h7-14,18,21,23-24,26-29,31,40-42,47-48H,15-17H2,1-6H3,(H,39,44)/t21?,23?,24?,26?,27?,28?,29?,31?,36-,37+,38?/m1/s1.